The van der Waals surface area contributed by atoms with E-state index in [4.69, 9.17) is 0 Å². The van der Waals surface area contributed by atoms with Gasteiger partial charge >= 0.3 is 23.1 Å². The maximum atomic E-state index is 3.49. The summed E-state index contributed by atoms with van der Waals surface area (Å²) in [6.07, 6.45) is 2.00. The van der Waals surface area contributed by atoms with Gasteiger partial charge in [-0.1, -0.05) is 13.8 Å². The molecule has 0 amide bonds. The average Bonchev–Trinajstić information content (AvgIpc) is 1.39. The Morgan fingerprint density at radius 3 is 1.00 bits per heavy atom. The van der Waals surface area contributed by atoms with Gasteiger partial charge in [0.1, 0.15) is 0 Å². The first-order valence-electron chi connectivity index (χ1n) is 2.41. The van der Waals surface area contributed by atoms with Crippen LogP contribution in [0.1, 0.15) is 26.7 Å². The molecule has 0 unspecified atom stereocenters. The van der Waals surface area contributed by atoms with Crippen LogP contribution in [0.3, 0.4) is 0 Å². The third-order valence-electron chi connectivity index (χ3n) is 0. The van der Waals surface area contributed by atoms with E-state index < -0.39 is 0 Å². The molecule has 0 rings (SSSR count). The minimum absolute atomic E-state index is 0. The molecule has 0 N–H and O–H groups in total. The molecular formula is C6H15BrMg. The molecule has 0 radical (unpaired) electrons. The van der Waals surface area contributed by atoms with Crippen molar-refractivity contribution in [3.8, 4) is 0 Å². The Morgan fingerprint density at radius 2 is 1.00 bits per heavy atom. The minimum Gasteiger partial charge on any atom is -0.344 e. The van der Waals surface area contributed by atoms with Crippen molar-refractivity contribution >= 4 is 40.0 Å². The standard InChI is InChI=1S/2C3H7.BrH.Mg/c2*1-3-2;;/h2*1,3H2,2H3;1H;/q2*-1;;+2. The van der Waals surface area contributed by atoms with Gasteiger partial charge < -0.3 is 13.8 Å². The second-order valence-electron chi connectivity index (χ2n) is 1.000. The smallest absolute Gasteiger partial charge is 0.344 e. The van der Waals surface area contributed by atoms with E-state index in [0.717, 1.165) is 12.8 Å². The molecular weight excluding hydrogens is 176 g/mol. The molecule has 0 saturated carbocycles. The van der Waals surface area contributed by atoms with E-state index >= 15 is 0 Å². The molecule has 0 aliphatic rings. The molecule has 48 valence electrons. The minimum atomic E-state index is 0. The normalized spacial score (nSPS) is 4.50. The van der Waals surface area contributed by atoms with Gasteiger partial charge in [0, 0.05) is 0 Å². The van der Waals surface area contributed by atoms with Crippen LogP contribution in [0.15, 0.2) is 0 Å². The molecule has 0 aliphatic heterocycles. The van der Waals surface area contributed by atoms with Crippen molar-refractivity contribution in [1.29, 1.82) is 0 Å². The summed E-state index contributed by atoms with van der Waals surface area (Å²) < 4.78 is 0. The van der Waals surface area contributed by atoms with E-state index in [1.54, 1.807) is 0 Å². The van der Waals surface area contributed by atoms with Gasteiger partial charge in [-0.2, -0.15) is 12.8 Å². The second kappa shape index (κ2) is 41.1. The Bertz CT molecular complexity index is 10.5. The SMILES string of the molecule is Br.[CH2-]CC.[CH2-]CC.[Mg+2]. The fourth-order valence-corrected chi connectivity index (χ4v) is 0. The Balaban J connectivity index is -0.0000000160. The van der Waals surface area contributed by atoms with Crippen LogP contribution in [0, 0.1) is 13.8 Å². The molecule has 0 spiro atoms. The van der Waals surface area contributed by atoms with Crippen LogP contribution in [0.5, 0.6) is 0 Å². The monoisotopic (exact) mass is 190 g/mol. The zero-order chi connectivity index (χ0) is 5.41. The topological polar surface area (TPSA) is 0 Å². The molecule has 0 aromatic carbocycles. The molecule has 0 heterocycles. The van der Waals surface area contributed by atoms with Crippen LogP contribution in [-0.4, -0.2) is 23.1 Å². The van der Waals surface area contributed by atoms with Crippen molar-refractivity contribution in [2.45, 2.75) is 26.7 Å². The fourth-order valence-electron chi connectivity index (χ4n) is 0. The van der Waals surface area contributed by atoms with Crippen molar-refractivity contribution in [3.05, 3.63) is 13.8 Å². The van der Waals surface area contributed by atoms with E-state index in [-0.39, 0.29) is 40.0 Å². The number of hydrogen-bond donors (Lipinski definition) is 0. The van der Waals surface area contributed by atoms with E-state index in [9.17, 15) is 0 Å². The summed E-state index contributed by atoms with van der Waals surface area (Å²) in [5, 5.41) is 0. The largest absolute Gasteiger partial charge is 2.00 e. The van der Waals surface area contributed by atoms with Crippen molar-refractivity contribution in [3.63, 3.8) is 0 Å². The maximum absolute atomic E-state index is 3.49. The Morgan fingerprint density at radius 1 is 1.00 bits per heavy atom. The first kappa shape index (κ1) is 22.8. The van der Waals surface area contributed by atoms with Crippen molar-refractivity contribution in [2.24, 2.45) is 0 Å². The Kier molecular flexibility index (Phi) is 117. The van der Waals surface area contributed by atoms with E-state index in [2.05, 4.69) is 13.8 Å². The summed E-state index contributed by atoms with van der Waals surface area (Å²) in [5.74, 6) is 0. The van der Waals surface area contributed by atoms with Crippen molar-refractivity contribution < 1.29 is 0 Å². The third-order valence-corrected chi connectivity index (χ3v) is 0. The maximum Gasteiger partial charge on any atom is 2.00 e. The quantitative estimate of drug-likeness (QED) is 0.408. The van der Waals surface area contributed by atoms with Gasteiger partial charge in [0.2, 0.25) is 0 Å². The molecule has 2 heteroatoms. The first-order chi connectivity index (χ1) is 2.83. The molecule has 0 aromatic heterocycles. The predicted molar refractivity (Wildman–Crippen MR) is 47.4 cm³/mol. The van der Waals surface area contributed by atoms with Crippen LogP contribution in [0.2, 0.25) is 0 Å². The average molecular weight is 191 g/mol. The van der Waals surface area contributed by atoms with Crippen LogP contribution < -0.4 is 0 Å². The zero-order valence-electron chi connectivity index (χ0n) is 5.94. The van der Waals surface area contributed by atoms with Crippen molar-refractivity contribution in [2.75, 3.05) is 0 Å². The van der Waals surface area contributed by atoms with Gasteiger partial charge in [-0.05, 0) is 0 Å². The molecule has 0 bridgehead atoms. The summed E-state index contributed by atoms with van der Waals surface area (Å²) >= 11 is 0. The Hall–Kier alpha value is 1.25. The molecule has 8 heavy (non-hydrogen) atoms. The molecule has 0 fully saturated rings. The van der Waals surface area contributed by atoms with Crippen LogP contribution in [-0.2, 0) is 0 Å². The van der Waals surface area contributed by atoms with Crippen LogP contribution in [0.25, 0.3) is 0 Å². The summed E-state index contributed by atoms with van der Waals surface area (Å²) in [7, 11) is 0. The van der Waals surface area contributed by atoms with Gasteiger partial charge in [-0.15, -0.1) is 17.0 Å². The van der Waals surface area contributed by atoms with Gasteiger partial charge in [0.05, 0.1) is 0 Å². The molecule has 0 atom stereocenters. The summed E-state index contributed by atoms with van der Waals surface area (Å²) in [4.78, 5) is 0. The number of hydrogen-bond acceptors (Lipinski definition) is 0. The summed E-state index contributed by atoms with van der Waals surface area (Å²) in [5.41, 5.74) is 0. The summed E-state index contributed by atoms with van der Waals surface area (Å²) in [6, 6.07) is 0. The zero-order valence-corrected chi connectivity index (χ0v) is 9.07. The molecule has 0 nitrogen and oxygen atoms in total. The van der Waals surface area contributed by atoms with E-state index in [1.807, 2.05) is 13.8 Å². The Labute approximate surface area is 80.4 Å². The molecule has 0 aliphatic carbocycles. The van der Waals surface area contributed by atoms with Gasteiger partial charge in [0.15, 0.2) is 0 Å². The van der Waals surface area contributed by atoms with Crippen LogP contribution in [0.4, 0.5) is 0 Å². The number of halogens is 1. The van der Waals surface area contributed by atoms with E-state index in [0.29, 0.717) is 0 Å². The fraction of sp³-hybridized carbons (Fsp3) is 0.667. The first-order valence-corrected chi connectivity index (χ1v) is 2.41. The van der Waals surface area contributed by atoms with Crippen LogP contribution >= 0.6 is 17.0 Å². The van der Waals surface area contributed by atoms with E-state index in [1.165, 1.54) is 0 Å². The molecule has 0 saturated heterocycles. The second-order valence-corrected chi connectivity index (χ2v) is 1.000. The predicted octanol–water partition coefficient (Wildman–Crippen LogP) is 2.66. The third kappa shape index (κ3) is 182. The van der Waals surface area contributed by atoms with Crippen molar-refractivity contribution in [1.82, 2.24) is 0 Å². The van der Waals surface area contributed by atoms with Gasteiger partial charge in [0.25, 0.3) is 0 Å². The van der Waals surface area contributed by atoms with Gasteiger partial charge in [-0.3, -0.25) is 0 Å². The number of rotatable bonds is 0. The molecule has 0 aromatic rings. The van der Waals surface area contributed by atoms with Gasteiger partial charge in [-0.25, -0.2) is 0 Å². The summed E-state index contributed by atoms with van der Waals surface area (Å²) in [6.45, 7) is 11.0.